The normalized spacial score (nSPS) is 10.4. The summed E-state index contributed by atoms with van der Waals surface area (Å²) in [7, 11) is 0. The number of anilines is 1. The molecule has 0 unspecified atom stereocenters. The van der Waals surface area contributed by atoms with Crippen molar-refractivity contribution in [1.82, 2.24) is 10.2 Å². The third-order valence-corrected chi connectivity index (χ3v) is 3.30. The number of rotatable bonds is 5. The molecule has 3 rings (SSSR count). The van der Waals surface area contributed by atoms with Gasteiger partial charge < -0.3 is 14.5 Å². The molecule has 0 spiro atoms. The van der Waals surface area contributed by atoms with Gasteiger partial charge in [0, 0.05) is 18.2 Å². The third kappa shape index (κ3) is 3.98. The minimum atomic E-state index is -0.211. The highest BCUT2D eigenvalue weighted by atomic mass is 16.5. The van der Waals surface area contributed by atoms with Crippen LogP contribution >= 0.6 is 0 Å². The van der Waals surface area contributed by atoms with Crippen molar-refractivity contribution in [2.24, 2.45) is 0 Å². The topological polar surface area (TPSA) is 77.2 Å². The van der Waals surface area contributed by atoms with Crippen LogP contribution < -0.4 is 10.1 Å². The monoisotopic (exact) mass is 323 g/mol. The zero-order valence-corrected chi connectivity index (χ0v) is 13.4. The van der Waals surface area contributed by atoms with Crippen LogP contribution in [0.15, 0.2) is 52.9 Å². The SMILES string of the molecule is Cc1cccc(NC(=O)COc2ccc(-c3nnc(C)o3)cc2)c1. The fourth-order valence-corrected chi connectivity index (χ4v) is 2.18. The number of hydrogen-bond donors (Lipinski definition) is 1. The largest absolute Gasteiger partial charge is 0.484 e. The van der Waals surface area contributed by atoms with Gasteiger partial charge in [0.05, 0.1) is 0 Å². The second kappa shape index (κ2) is 6.95. The maximum absolute atomic E-state index is 11.9. The van der Waals surface area contributed by atoms with Crippen LogP contribution in [0, 0.1) is 13.8 Å². The van der Waals surface area contributed by atoms with Crippen LogP contribution in [0.4, 0.5) is 5.69 Å². The van der Waals surface area contributed by atoms with Crippen LogP contribution in [-0.2, 0) is 4.79 Å². The lowest BCUT2D eigenvalue weighted by Crippen LogP contribution is -2.20. The molecule has 122 valence electrons. The van der Waals surface area contributed by atoms with Crippen LogP contribution in [0.3, 0.4) is 0 Å². The van der Waals surface area contributed by atoms with Gasteiger partial charge in [0.1, 0.15) is 5.75 Å². The standard InChI is InChI=1S/C18H17N3O3/c1-12-4-3-5-15(10-12)19-17(22)11-23-16-8-6-14(7-9-16)18-21-20-13(2)24-18/h3-10H,11H2,1-2H3,(H,19,22). The van der Waals surface area contributed by atoms with Crippen LogP contribution in [-0.4, -0.2) is 22.7 Å². The second-order valence-electron chi connectivity index (χ2n) is 5.36. The molecule has 0 saturated heterocycles. The fourth-order valence-electron chi connectivity index (χ4n) is 2.18. The van der Waals surface area contributed by atoms with E-state index in [9.17, 15) is 4.79 Å². The number of aromatic nitrogens is 2. The van der Waals surface area contributed by atoms with Gasteiger partial charge in [-0.05, 0) is 48.9 Å². The van der Waals surface area contributed by atoms with E-state index < -0.39 is 0 Å². The van der Waals surface area contributed by atoms with Crippen molar-refractivity contribution in [3.05, 3.63) is 60.0 Å². The minimum absolute atomic E-state index is 0.0625. The molecule has 24 heavy (non-hydrogen) atoms. The van der Waals surface area contributed by atoms with Gasteiger partial charge in [0.2, 0.25) is 11.8 Å². The van der Waals surface area contributed by atoms with E-state index >= 15 is 0 Å². The van der Waals surface area contributed by atoms with E-state index in [1.165, 1.54) is 0 Å². The minimum Gasteiger partial charge on any atom is -0.484 e. The number of nitrogens with zero attached hydrogens (tertiary/aromatic N) is 2. The van der Waals surface area contributed by atoms with Crippen molar-refractivity contribution in [1.29, 1.82) is 0 Å². The maximum atomic E-state index is 11.9. The summed E-state index contributed by atoms with van der Waals surface area (Å²) in [5.74, 6) is 1.35. The number of carbonyl (C=O) groups excluding carboxylic acids is 1. The molecule has 0 aliphatic rings. The predicted octanol–water partition coefficient (Wildman–Crippen LogP) is 3.37. The highest BCUT2D eigenvalue weighted by molar-refractivity contribution is 5.91. The highest BCUT2D eigenvalue weighted by Crippen LogP contribution is 2.21. The van der Waals surface area contributed by atoms with Gasteiger partial charge in [-0.2, -0.15) is 0 Å². The molecule has 0 aliphatic carbocycles. The van der Waals surface area contributed by atoms with Gasteiger partial charge in [-0.25, -0.2) is 0 Å². The van der Waals surface area contributed by atoms with E-state index in [4.69, 9.17) is 9.15 Å². The summed E-state index contributed by atoms with van der Waals surface area (Å²) in [6, 6.07) is 14.7. The van der Waals surface area contributed by atoms with Crippen LogP contribution in [0.1, 0.15) is 11.5 Å². The van der Waals surface area contributed by atoms with Crippen molar-refractivity contribution in [3.8, 4) is 17.2 Å². The molecule has 1 amide bonds. The highest BCUT2D eigenvalue weighted by Gasteiger charge is 2.07. The number of aryl methyl sites for hydroxylation is 2. The van der Waals surface area contributed by atoms with E-state index in [0.717, 1.165) is 16.8 Å². The number of hydrogen-bond acceptors (Lipinski definition) is 5. The van der Waals surface area contributed by atoms with E-state index in [1.807, 2.05) is 31.2 Å². The Morgan fingerprint density at radius 3 is 2.58 bits per heavy atom. The molecule has 0 fully saturated rings. The van der Waals surface area contributed by atoms with Crippen molar-refractivity contribution >= 4 is 11.6 Å². The zero-order valence-electron chi connectivity index (χ0n) is 13.4. The number of ether oxygens (including phenoxy) is 1. The lowest BCUT2D eigenvalue weighted by atomic mass is 10.2. The molecule has 3 aromatic rings. The Kier molecular flexibility index (Phi) is 4.56. The van der Waals surface area contributed by atoms with Gasteiger partial charge in [-0.15, -0.1) is 10.2 Å². The molecule has 0 atom stereocenters. The van der Waals surface area contributed by atoms with E-state index in [1.54, 1.807) is 31.2 Å². The number of amides is 1. The summed E-state index contributed by atoms with van der Waals surface area (Å²) in [6.07, 6.45) is 0. The Labute approximate surface area is 139 Å². The van der Waals surface area contributed by atoms with Crippen molar-refractivity contribution < 1.29 is 13.9 Å². The molecule has 1 N–H and O–H groups in total. The summed E-state index contributed by atoms with van der Waals surface area (Å²) in [5, 5.41) is 10.5. The maximum Gasteiger partial charge on any atom is 0.262 e. The molecule has 0 saturated carbocycles. The first-order chi connectivity index (χ1) is 11.6. The molecule has 2 aromatic carbocycles. The average molecular weight is 323 g/mol. The van der Waals surface area contributed by atoms with Gasteiger partial charge in [0.25, 0.3) is 5.91 Å². The number of carbonyl (C=O) groups is 1. The Balaban J connectivity index is 1.55. The zero-order chi connectivity index (χ0) is 16.9. The molecule has 6 nitrogen and oxygen atoms in total. The van der Waals surface area contributed by atoms with Crippen LogP contribution in [0.5, 0.6) is 5.75 Å². The van der Waals surface area contributed by atoms with Gasteiger partial charge in [0.15, 0.2) is 6.61 Å². The summed E-state index contributed by atoms with van der Waals surface area (Å²) in [5.41, 5.74) is 2.64. The van der Waals surface area contributed by atoms with E-state index in [0.29, 0.717) is 17.5 Å². The van der Waals surface area contributed by atoms with E-state index in [2.05, 4.69) is 15.5 Å². The van der Waals surface area contributed by atoms with Crippen LogP contribution in [0.2, 0.25) is 0 Å². The Bertz CT molecular complexity index is 841. The Morgan fingerprint density at radius 2 is 1.92 bits per heavy atom. The molecule has 1 heterocycles. The van der Waals surface area contributed by atoms with Crippen molar-refractivity contribution in [3.63, 3.8) is 0 Å². The number of benzene rings is 2. The average Bonchev–Trinajstić information content (AvgIpc) is 3.00. The van der Waals surface area contributed by atoms with Crippen molar-refractivity contribution in [2.75, 3.05) is 11.9 Å². The first kappa shape index (κ1) is 15.7. The molecule has 1 aromatic heterocycles. The molecular formula is C18H17N3O3. The quantitative estimate of drug-likeness (QED) is 0.779. The lowest BCUT2D eigenvalue weighted by molar-refractivity contribution is -0.118. The summed E-state index contributed by atoms with van der Waals surface area (Å²) >= 11 is 0. The Hall–Kier alpha value is -3.15. The molecule has 0 aliphatic heterocycles. The predicted molar refractivity (Wildman–Crippen MR) is 89.8 cm³/mol. The van der Waals surface area contributed by atoms with E-state index in [-0.39, 0.29) is 12.5 Å². The number of nitrogens with one attached hydrogen (secondary N) is 1. The molecular weight excluding hydrogens is 306 g/mol. The van der Waals surface area contributed by atoms with Gasteiger partial charge in [-0.1, -0.05) is 12.1 Å². The third-order valence-electron chi connectivity index (χ3n) is 3.30. The second-order valence-corrected chi connectivity index (χ2v) is 5.36. The van der Waals surface area contributed by atoms with Gasteiger partial charge >= 0.3 is 0 Å². The van der Waals surface area contributed by atoms with Gasteiger partial charge in [-0.3, -0.25) is 4.79 Å². The molecule has 6 heteroatoms. The smallest absolute Gasteiger partial charge is 0.262 e. The lowest BCUT2D eigenvalue weighted by Gasteiger charge is -2.08. The first-order valence-corrected chi connectivity index (χ1v) is 7.50. The Morgan fingerprint density at radius 1 is 1.12 bits per heavy atom. The molecule has 0 radical (unpaired) electrons. The molecule has 0 bridgehead atoms. The summed E-state index contributed by atoms with van der Waals surface area (Å²) < 4.78 is 10.8. The summed E-state index contributed by atoms with van der Waals surface area (Å²) in [4.78, 5) is 11.9. The van der Waals surface area contributed by atoms with Crippen molar-refractivity contribution in [2.45, 2.75) is 13.8 Å². The fraction of sp³-hybridized carbons (Fsp3) is 0.167. The van der Waals surface area contributed by atoms with Crippen LogP contribution in [0.25, 0.3) is 11.5 Å². The first-order valence-electron chi connectivity index (χ1n) is 7.50. The summed E-state index contributed by atoms with van der Waals surface area (Å²) in [6.45, 7) is 3.65.